The second kappa shape index (κ2) is 11.5. The van der Waals surface area contributed by atoms with Crippen molar-refractivity contribution in [1.82, 2.24) is 0 Å². The van der Waals surface area contributed by atoms with E-state index in [1.54, 1.807) is 6.92 Å². The molecule has 0 aliphatic heterocycles. The Morgan fingerprint density at radius 2 is 2.07 bits per heavy atom. The van der Waals surface area contributed by atoms with E-state index in [1.165, 1.54) is 75.7 Å². The average molecular weight is 623 g/mol. The average Bonchev–Trinajstić information content (AvgIpc) is 3.45. The van der Waals surface area contributed by atoms with Crippen LogP contribution in [0.5, 0.6) is 0 Å². The van der Waals surface area contributed by atoms with Crippen LogP contribution in [-0.2, 0) is 4.74 Å². The van der Waals surface area contributed by atoms with E-state index >= 15 is 0 Å². The summed E-state index contributed by atoms with van der Waals surface area (Å²) in [5, 5.41) is 18.8. The summed E-state index contributed by atoms with van der Waals surface area (Å²) >= 11 is 0. The molecule has 3 rings (SSSR count). The van der Waals surface area contributed by atoms with Crippen LogP contribution in [0, 0.1) is 83.3 Å². The van der Waals surface area contributed by atoms with Gasteiger partial charge >= 0.3 is 31.1 Å². The van der Waals surface area contributed by atoms with Crippen molar-refractivity contribution in [2.75, 3.05) is 6.61 Å². The van der Waals surface area contributed by atoms with E-state index in [4.69, 9.17) is 10.00 Å². The largest absolute Gasteiger partial charge is 2.00 e. The molecule has 1 aromatic rings. The molecule has 0 radical (unpaired) electrons. The van der Waals surface area contributed by atoms with Gasteiger partial charge in [-0.2, -0.15) is 17.8 Å². The van der Waals surface area contributed by atoms with Crippen molar-refractivity contribution in [3.63, 3.8) is 0 Å². The molecule has 1 spiro atoms. The van der Waals surface area contributed by atoms with Crippen molar-refractivity contribution >= 4 is 5.69 Å². The summed E-state index contributed by atoms with van der Waals surface area (Å²) < 4.78 is 5.68. The minimum absolute atomic E-state index is 0. The molecule has 5 nitrogen and oxygen atoms in total. The van der Waals surface area contributed by atoms with Crippen LogP contribution in [0.3, 0.4) is 0 Å². The zero-order chi connectivity index (χ0) is 20.8. The Morgan fingerprint density at radius 3 is 2.55 bits per heavy atom. The summed E-state index contributed by atoms with van der Waals surface area (Å²) in [6.45, 7) is 10.8. The standard InChI is InChI=1S/C15H26O.C8H6N2O2.U/c1-4-6-8-14(3)12-13(16-5-2)7-9-15(14)10-11-15;1-6-4-7(5-9)2-3-8(6)10(11)12;/h2,4-12H2,1,3H3;2-4H,1H3;/q-2;;+2. The van der Waals surface area contributed by atoms with E-state index in [0.717, 1.165) is 0 Å². The predicted molar refractivity (Wildman–Crippen MR) is 110 cm³/mol. The fourth-order valence-electron chi connectivity index (χ4n) is 4.51. The third-order valence-electron chi connectivity index (χ3n) is 6.51. The normalized spacial score (nSPS) is 22.0. The predicted octanol–water partition coefficient (Wildman–Crippen LogP) is 6.30. The molecule has 2 fully saturated rings. The number of unbranched alkanes of at least 4 members (excludes halogenated alkanes) is 1. The maximum Gasteiger partial charge on any atom is 2.00 e. The molecule has 1 aromatic carbocycles. The number of nitriles is 1. The number of nitrogens with zero attached hydrogens (tertiary/aromatic N) is 2. The van der Waals surface area contributed by atoms with Crippen LogP contribution in [0.2, 0.25) is 0 Å². The smallest absolute Gasteiger partial charge is 0.575 e. The van der Waals surface area contributed by atoms with E-state index in [0.29, 0.717) is 28.6 Å². The summed E-state index contributed by atoms with van der Waals surface area (Å²) in [6, 6.07) is 6.19. The Bertz CT molecular complexity index is 727. The molecule has 1 unspecified atom stereocenters. The maximum atomic E-state index is 10.3. The number of nitro groups is 1. The van der Waals surface area contributed by atoms with Crippen molar-refractivity contribution in [1.29, 1.82) is 5.26 Å². The van der Waals surface area contributed by atoms with Crippen molar-refractivity contribution in [3.8, 4) is 6.07 Å². The SMILES string of the molecule is Cc1cc(C#N)ccc1[N+](=O)[O-].[CH2-]CO[C-]1CCC2(CC2)C(C)(CCCC)C1.[U+2]. The Morgan fingerprint density at radius 1 is 1.38 bits per heavy atom. The third-order valence-corrected chi connectivity index (χ3v) is 6.51. The minimum atomic E-state index is -0.462. The second-order valence-electron chi connectivity index (χ2n) is 8.38. The van der Waals surface area contributed by atoms with Crippen LogP contribution in [-0.4, -0.2) is 11.5 Å². The molecule has 2 aliphatic carbocycles. The van der Waals surface area contributed by atoms with Crippen LogP contribution in [0.15, 0.2) is 18.2 Å². The van der Waals surface area contributed by atoms with Crippen molar-refractivity contribution in [3.05, 3.63) is 52.5 Å². The van der Waals surface area contributed by atoms with E-state index in [-0.39, 0.29) is 36.8 Å². The number of nitro benzene ring substituents is 1. The van der Waals surface area contributed by atoms with E-state index in [2.05, 4.69) is 20.8 Å². The maximum absolute atomic E-state index is 10.3. The van der Waals surface area contributed by atoms with Crippen LogP contribution >= 0.6 is 0 Å². The summed E-state index contributed by atoms with van der Waals surface area (Å²) in [5.74, 6) is 0. The quantitative estimate of drug-likeness (QED) is 0.212. The van der Waals surface area contributed by atoms with Crippen molar-refractivity contribution in [2.45, 2.75) is 72.1 Å². The first kappa shape index (κ1) is 26.2. The molecule has 29 heavy (non-hydrogen) atoms. The molecule has 0 amide bonds. The molecule has 156 valence electrons. The minimum Gasteiger partial charge on any atom is -0.575 e. The van der Waals surface area contributed by atoms with Gasteiger partial charge in [0.25, 0.3) is 5.69 Å². The van der Waals surface area contributed by atoms with Gasteiger partial charge in [0.1, 0.15) is 0 Å². The van der Waals surface area contributed by atoms with Crippen LogP contribution in [0.4, 0.5) is 5.69 Å². The molecular formula is C23H32N2O3U. The van der Waals surface area contributed by atoms with Gasteiger partial charge in [-0.3, -0.25) is 10.1 Å². The Balaban J connectivity index is 0.000000292. The monoisotopic (exact) mass is 622 g/mol. The first-order valence-corrected chi connectivity index (χ1v) is 10.2. The molecule has 0 saturated heterocycles. The van der Waals surface area contributed by atoms with Gasteiger partial charge in [-0.1, -0.05) is 38.5 Å². The van der Waals surface area contributed by atoms with Gasteiger partial charge in [0.2, 0.25) is 0 Å². The van der Waals surface area contributed by atoms with Gasteiger partial charge in [0.05, 0.1) is 16.6 Å². The molecule has 0 N–H and O–H groups in total. The third kappa shape index (κ3) is 6.55. The summed E-state index contributed by atoms with van der Waals surface area (Å²) in [5.41, 5.74) is 2.22. The van der Waals surface area contributed by atoms with Crippen molar-refractivity contribution in [2.24, 2.45) is 10.8 Å². The summed E-state index contributed by atoms with van der Waals surface area (Å²) in [7, 11) is 0. The topological polar surface area (TPSA) is 76.2 Å². The molecule has 0 heterocycles. The van der Waals surface area contributed by atoms with E-state index in [9.17, 15) is 10.1 Å². The molecule has 6 heteroatoms. The summed E-state index contributed by atoms with van der Waals surface area (Å²) in [4.78, 5) is 9.88. The van der Waals surface area contributed by atoms with E-state index < -0.39 is 4.92 Å². The number of aryl methyl sites for hydroxylation is 1. The van der Waals surface area contributed by atoms with Gasteiger partial charge in [0, 0.05) is 11.6 Å². The van der Waals surface area contributed by atoms with Crippen molar-refractivity contribution < 1.29 is 40.8 Å². The Kier molecular flexibility index (Phi) is 10.4. The van der Waals surface area contributed by atoms with Gasteiger partial charge in [-0.15, -0.1) is 13.0 Å². The zero-order valence-corrected chi connectivity index (χ0v) is 22.1. The van der Waals surface area contributed by atoms with Gasteiger partial charge < -0.3 is 11.7 Å². The van der Waals surface area contributed by atoms with Crippen LogP contribution in [0.25, 0.3) is 0 Å². The zero-order valence-electron chi connectivity index (χ0n) is 17.9. The molecule has 0 bridgehead atoms. The van der Waals surface area contributed by atoms with Gasteiger partial charge in [-0.25, -0.2) is 0 Å². The first-order chi connectivity index (χ1) is 13.3. The summed E-state index contributed by atoms with van der Waals surface area (Å²) in [6.07, 6.45) is 12.1. The fraction of sp³-hybridized carbons (Fsp3) is 0.609. The molecule has 0 aromatic heterocycles. The number of hydrogen-bond acceptors (Lipinski definition) is 4. The Labute approximate surface area is 199 Å². The van der Waals surface area contributed by atoms with Gasteiger partial charge in [-0.05, 0) is 43.7 Å². The number of hydrogen-bond donors (Lipinski definition) is 0. The second-order valence-corrected chi connectivity index (χ2v) is 8.38. The number of rotatable bonds is 6. The number of ether oxygens (including phenoxy) is 1. The Hall–Kier alpha value is -0.878. The molecule has 2 aliphatic rings. The molecule has 2 saturated carbocycles. The number of benzene rings is 1. The fourth-order valence-corrected chi connectivity index (χ4v) is 4.51. The molecular weight excluding hydrogens is 590 g/mol. The molecule has 1 atom stereocenters. The van der Waals surface area contributed by atoms with Crippen LogP contribution < -0.4 is 0 Å². The van der Waals surface area contributed by atoms with Gasteiger partial charge in [0.15, 0.2) is 0 Å². The van der Waals surface area contributed by atoms with E-state index in [1.807, 2.05) is 6.07 Å². The first-order valence-electron chi connectivity index (χ1n) is 10.2. The van der Waals surface area contributed by atoms with Crippen LogP contribution in [0.1, 0.15) is 76.3 Å².